The summed E-state index contributed by atoms with van der Waals surface area (Å²) in [6.45, 7) is 2.26. The maximum Gasteiger partial charge on any atom is 0.265 e. The molecule has 0 fully saturated rings. The lowest BCUT2D eigenvalue weighted by atomic mass is 10.1. The summed E-state index contributed by atoms with van der Waals surface area (Å²) in [6, 6.07) is 15.2. The highest BCUT2D eigenvalue weighted by atomic mass is 16.5. The molecule has 0 saturated heterocycles. The molecule has 2 aromatic carbocycles. The largest absolute Gasteiger partial charge is 0.482 e. The van der Waals surface area contributed by atoms with Gasteiger partial charge in [0.1, 0.15) is 5.75 Å². The van der Waals surface area contributed by atoms with E-state index in [1.165, 1.54) is 0 Å². The Balaban J connectivity index is 1.34. The van der Waals surface area contributed by atoms with Crippen molar-refractivity contribution >= 4 is 17.5 Å². The van der Waals surface area contributed by atoms with Crippen molar-refractivity contribution in [2.24, 2.45) is 0 Å². The molecule has 1 N–H and O–H groups in total. The Kier molecular flexibility index (Phi) is 5.29. The monoisotopic (exact) mass is 390 g/mol. The third-order valence-electron chi connectivity index (χ3n) is 4.94. The fraction of sp³-hybridized carbons (Fsp3) is 0.227. The number of hydrogen-bond acceptors (Lipinski definition) is 4. The Morgan fingerprint density at radius 2 is 2.00 bits per heavy atom. The van der Waals surface area contributed by atoms with Gasteiger partial charge in [0.25, 0.3) is 5.91 Å². The van der Waals surface area contributed by atoms with Crippen LogP contribution >= 0.6 is 0 Å². The van der Waals surface area contributed by atoms with Gasteiger partial charge in [-0.05, 0) is 36.8 Å². The van der Waals surface area contributed by atoms with Gasteiger partial charge in [0.05, 0.1) is 18.1 Å². The Morgan fingerprint density at radius 3 is 2.76 bits per heavy atom. The second-order valence-corrected chi connectivity index (χ2v) is 6.90. The summed E-state index contributed by atoms with van der Waals surface area (Å²) in [4.78, 5) is 30.3. The molecule has 1 aromatic heterocycles. The van der Waals surface area contributed by atoms with E-state index < -0.39 is 0 Å². The summed E-state index contributed by atoms with van der Waals surface area (Å²) >= 11 is 0. The first kappa shape index (κ1) is 18.7. The molecule has 1 atom stereocenters. The molecule has 1 aliphatic rings. The highest BCUT2D eigenvalue weighted by Gasteiger charge is 2.25. The molecule has 7 heteroatoms. The lowest BCUT2D eigenvalue weighted by Gasteiger charge is -2.29. The highest BCUT2D eigenvalue weighted by molar-refractivity contribution is 5.98. The smallest absolute Gasteiger partial charge is 0.265 e. The number of imidazole rings is 1. The number of carbonyl (C=O) groups is 2. The van der Waals surface area contributed by atoms with Crippen LogP contribution in [-0.2, 0) is 9.59 Å². The van der Waals surface area contributed by atoms with Crippen LogP contribution < -0.4 is 15.0 Å². The van der Waals surface area contributed by atoms with Crippen molar-refractivity contribution in [1.29, 1.82) is 0 Å². The van der Waals surface area contributed by atoms with Gasteiger partial charge >= 0.3 is 0 Å². The highest BCUT2D eigenvalue weighted by Crippen LogP contribution is 2.31. The summed E-state index contributed by atoms with van der Waals surface area (Å²) in [5.74, 6) is 0.423. The van der Waals surface area contributed by atoms with Gasteiger partial charge in [0, 0.05) is 31.0 Å². The minimum Gasteiger partial charge on any atom is -0.482 e. The van der Waals surface area contributed by atoms with Crippen molar-refractivity contribution in [3.63, 3.8) is 0 Å². The number of ether oxygens (including phenoxy) is 1. The third-order valence-corrected chi connectivity index (χ3v) is 4.94. The van der Waals surface area contributed by atoms with Crippen LogP contribution in [0, 0.1) is 0 Å². The Morgan fingerprint density at radius 1 is 1.21 bits per heavy atom. The molecule has 2 heterocycles. The van der Waals surface area contributed by atoms with Crippen LogP contribution in [0.25, 0.3) is 5.69 Å². The maximum atomic E-state index is 12.4. The van der Waals surface area contributed by atoms with Gasteiger partial charge in [-0.3, -0.25) is 9.59 Å². The predicted octanol–water partition coefficient (Wildman–Crippen LogP) is 2.87. The number of carbonyl (C=O) groups excluding carboxylic acids is 2. The maximum absolute atomic E-state index is 12.4. The molecule has 4 rings (SSSR count). The number of nitrogens with zero attached hydrogens (tertiary/aromatic N) is 3. The minimum absolute atomic E-state index is 0.00169. The van der Waals surface area contributed by atoms with Gasteiger partial charge in [-0.15, -0.1) is 0 Å². The summed E-state index contributed by atoms with van der Waals surface area (Å²) in [5.41, 5.74) is 2.73. The number of fused-ring (bicyclic) bond motifs is 1. The summed E-state index contributed by atoms with van der Waals surface area (Å²) < 4.78 is 7.36. The first-order chi connectivity index (χ1) is 14.1. The minimum atomic E-state index is -0.139. The van der Waals surface area contributed by atoms with E-state index in [4.69, 9.17) is 4.74 Å². The van der Waals surface area contributed by atoms with Gasteiger partial charge in [-0.2, -0.15) is 0 Å². The van der Waals surface area contributed by atoms with Crippen LogP contribution in [0.2, 0.25) is 0 Å². The molecule has 0 unspecified atom stereocenters. The van der Waals surface area contributed by atoms with E-state index in [0.29, 0.717) is 18.0 Å². The van der Waals surface area contributed by atoms with Crippen molar-refractivity contribution in [2.75, 3.05) is 18.1 Å². The van der Waals surface area contributed by atoms with Crippen LogP contribution in [0.4, 0.5) is 5.69 Å². The van der Waals surface area contributed by atoms with Gasteiger partial charge < -0.3 is 19.5 Å². The van der Waals surface area contributed by atoms with E-state index >= 15 is 0 Å². The molecule has 0 radical (unpaired) electrons. The molecule has 29 heavy (non-hydrogen) atoms. The van der Waals surface area contributed by atoms with Crippen molar-refractivity contribution in [1.82, 2.24) is 14.9 Å². The quantitative estimate of drug-likeness (QED) is 0.702. The molecule has 0 spiro atoms. The number of rotatable bonds is 6. The zero-order valence-electron chi connectivity index (χ0n) is 16.1. The average Bonchev–Trinajstić information content (AvgIpc) is 3.28. The molecule has 0 saturated carbocycles. The number of benzene rings is 2. The van der Waals surface area contributed by atoms with Gasteiger partial charge in [0.15, 0.2) is 6.61 Å². The Bertz CT molecular complexity index is 999. The number of para-hydroxylation sites is 2. The molecule has 2 amide bonds. The molecule has 3 aromatic rings. The number of amides is 2. The number of hydrogen-bond donors (Lipinski definition) is 1. The fourth-order valence-electron chi connectivity index (χ4n) is 3.36. The van der Waals surface area contributed by atoms with Crippen molar-refractivity contribution in [3.8, 4) is 11.4 Å². The van der Waals surface area contributed by atoms with Crippen LogP contribution in [0.15, 0.2) is 67.3 Å². The normalized spacial score (nSPS) is 14.1. The van der Waals surface area contributed by atoms with E-state index in [-0.39, 0.29) is 30.9 Å². The average molecular weight is 390 g/mol. The standard InChI is InChI=1S/C22H22N4O3/c1-16(17-6-8-18(9-7-17)25-13-11-23-15-25)24-21(27)10-12-26-19-4-2-3-5-20(19)29-14-22(26)28/h2-9,11,13,15-16H,10,12,14H2,1H3,(H,24,27)/t16-/m0/s1. The van der Waals surface area contributed by atoms with E-state index in [2.05, 4.69) is 10.3 Å². The first-order valence-corrected chi connectivity index (χ1v) is 9.51. The Hall–Kier alpha value is -3.61. The Labute approximate surface area is 168 Å². The second kappa shape index (κ2) is 8.18. The van der Waals surface area contributed by atoms with Crippen LogP contribution in [-0.4, -0.2) is 34.5 Å². The zero-order chi connectivity index (χ0) is 20.2. The molecule has 7 nitrogen and oxygen atoms in total. The summed E-state index contributed by atoms with van der Waals surface area (Å²) in [6.07, 6.45) is 5.57. The van der Waals surface area contributed by atoms with Crippen molar-refractivity contribution < 1.29 is 14.3 Å². The molecule has 0 aliphatic carbocycles. The summed E-state index contributed by atoms with van der Waals surface area (Å²) in [5, 5.41) is 3.00. The lowest BCUT2D eigenvalue weighted by molar-refractivity contribution is -0.122. The molecular weight excluding hydrogens is 368 g/mol. The van der Waals surface area contributed by atoms with Crippen LogP contribution in [0.1, 0.15) is 24.9 Å². The van der Waals surface area contributed by atoms with E-state index in [9.17, 15) is 9.59 Å². The number of aromatic nitrogens is 2. The molecule has 0 bridgehead atoms. The first-order valence-electron chi connectivity index (χ1n) is 9.51. The number of nitrogens with one attached hydrogen (secondary N) is 1. The summed E-state index contributed by atoms with van der Waals surface area (Å²) in [7, 11) is 0. The van der Waals surface area contributed by atoms with Crippen molar-refractivity contribution in [2.45, 2.75) is 19.4 Å². The molecule has 148 valence electrons. The number of anilines is 1. The topological polar surface area (TPSA) is 76.5 Å². The van der Waals surface area contributed by atoms with E-state index in [1.807, 2.05) is 66.2 Å². The van der Waals surface area contributed by atoms with E-state index in [0.717, 1.165) is 11.3 Å². The van der Waals surface area contributed by atoms with Crippen LogP contribution in [0.3, 0.4) is 0 Å². The SMILES string of the molecule is C[C@H](NC(=O)CCN1C(=O)COc2ccccc21)c1ccc(-n2ccnc2)cc1. The van der Waals surface area contributed by atoms with Gasteiger partial charge in [-0.25, -0.2) is 4.98 Å². The van der Waals surface area contributed by atoms with Crippen molar-refractivity contribution in [3.05, 3.63) is 72.8 Å². The molecule has 1 aliphatic heterocycles. The third kappa shape index (κ3) is 4.13. The predicted molar refractivity (Wildman–Crippen MR) is 109 cm³/mol. The second-order valence-electron chi connectivity index (χ2n) is 6.90. The molecular formula is C22H22N4O3. The van der Waals surface area contributed by atoms with Gasteiger partial charge in [0.2, 0.25) is 5.91 Å². The van der Waals surface area contributed by atoms with Crippen LogP contribution in [0.5, 0.6) is 5.75 Å². The van der Waals surface area contributed by atoms with Gasteiger partial charge in [-0.1, -0.05) is 24.3 Å². The fourth-order valence-corrected chi connectivity index (χ4v) is 3.36. The lowest BCUT2D eigenvalue weighted by Crippen LogP contribution is -2.41. The zero-order valence-corrected chi connectivity index (χ0v) is 16.1. The van der Waals surface area contributed by atoms with E-state index in [1.54, 1.807) is 17.4 Å².